The quantitative estimate of drug-likeness (QED) is 0.0320. The lowest BCUT2D eigenvalue weighted by Crippen LogP contribution is -2.45. The van der Waals surface area contributed by atoms with Gasteiger partial charge in [0.1, 0.15) is 0 Å². The summed E-state index contributed by atoms with van der Waals surface area (Å²) in [5.74, 6) is -0.0601. The number of rotatable bonds is 64. The van der Waals surface area contributed by atoms with Gasteiger partial charge in [0.25, 0.3) is 0 Å². The van der Waals surface area contributed by atoms with Crippen LogP contribution in [0.2, 0.25) is 0 Å². The van der Waals surface area contributed by atoms with E-state index in [1.165, 1.54) is 289 Å². The molecule has 0 saturated carbocycles. The van der Waals surface area contributed by atoms with E-state index in [9.17, 15) is 19.8 Å². The predicted octanol–water partition coefficient (Wildman–Crippen LogP) is 22.1. The minimum atomic E-state index is -0.842. The highest BCUT2D eigenvalue weighted by Crippen LogP contribution is 2.17. The Morgan fingerprint density at radius 3 is 1.00 bits per heavy atom. The van der Waals surface area contributed by atoms with E-state index in [4.69, 9.17) is 4.74 Å². The van der Waals surface area contributed by atoms with Crippen molar-refractivity contribution in [2.75, 3.05) is 13.2 Å². The fraction of sp³-hybridized carbons (Fsp3) is 0.859. The maximum absolute atomic E-state index is 12.4. The van der Waals surface area contributed by atoms with E-state index >= 15 is 0 Å². The molecule has 3 N–H and O–H groups in total. The molecule has 6 heteroatoms. The van der Waals surface area contributed by atoms with E-state index in [1.807, 2.05) is 6.08 Å². The lowest BCUT2D eigenvalue weighted by Gasteiger charge is -2.20. The Hall–Kier alpha value is -2.18. The van der Waals surface area contributed by atoms with Gasteiger partial charge in [-0.1, -0.05) is 313 Å². The van der Waals surface area contributed by atoms with Crippen LogP contribution in [0, 0.1) is 0 Å². The Morgan fingerprint density at radius 1 is 0.364 bits per heavy atom. The van der Waals surface area contributed by atoms with Gasteiger partial charge in [-0.25, -0.2) is 0 Å². The van der Waals surface area contributed by atoms with Crippen LogP contribution in [0.4, 0.5) is 0 Å². The van der Waals surface area contributed by atoms with E-state index in [0.717, 1.165) is 51.4 Å². The highest BCUT2D eigenvalue weighted by atomic mass is 16.5. The van der Waals surface area contributed by atoms with Crippen LogP contribution < -0.4 is 5.32 Å². The predicted molar refractivity (Wildman–Crippen MR) is 338 cm³/mol. The van der Waals surface area contributed by atoms with E-state index in [-0.39, 0.29) is 18.5 Å². The molecule has 0 aliphatic carbocycles. The normalized spacial score (nSPS) is 12.8. The Labute approximate surface area is 480 Å². The molecule has 2 unspecified atom stereocenters. The molecule has 6 nitrogen and oxygen atoms in total. The minimum Gasteiger partial charge on any atom is -0.466 e. The van der Waals surface area contributed by atoms with Gasteiger partial charge in [0.05, 0.1) is 25.4 Å². The molecule has 0 heterocycles. The molecule has 0 fully saturated rings. The first-order chi connectivity index (χ1) is 38.0. The molecule has 0 aliphatic rings. The zero-order valence-electron chi connectivity index (χ0n) is 51.7. The third kappa shape index (κ3) is 62.9. The van der Waals surface area contributed by atoms with Crippen molar-refractivity contribution in [2.45, 2.75) is 379 Å². The second kappa shape index (κ2) is 66.3. The molecule has 77 heavy (non-hydrogen) atoms. The number of aliphatic hydroxyl groups is 2. The molecule has 0 rings (SSSR count). The summed E-state index contributed by atoms with van der Waals surface area (Å²) in [6, 6.07) is -0.625. The lowest BCUT2D eigenvalue weighted by molar-refractivity contribution is -0.143. The van der Waals surface area contributed by atoms with Gasteiger partial charge < -0.3 is 20.3 Å². The minimum absolute atomic E-state index is 0.00649. The first-order valence-corrected chi connectivity index (χ1v) is 34.4. The summed E-state index contributed by atoms with van der Waals surface area (Å²) in [4.78, 5) is 24.5. The molecule has 2 atom stereocenters. The number of carbonyl (C=O) groups excluding carboxylic acids is 2. The van der Waals surface area contributed by atoms with Crippen molar-refractivity contribution in [3.05, 3.63) is 48.6 Å². The maximum Gasteiger partial charge on any atom is 0.305 e. The summed E-state index contributed by atoms with van der Waals surface area (Å²) in [5, 5.41) is 23.0. The third-order valence-electron chi connectivity index (χ3n) is 15.8. The van der Waals surface area contributed by atoms with Crippen LogP contribution in [-0.2, 0) is 14.3 Å². The summed E-state index contributed by atoms with van der Waals surface area (Å²) >= 11 is 0. The Bertz CT molecular complexity index is 1290. The van der Waals surface area contributed by atoms with E-state index in [2.05, 4.69) is 55.6 Å². The van der Waals surface area contributed by atoms with Crippen LogP contribution in [0.3, 0.4) is 0 Å². The lowest BCUT2D eigenvalue weighted by atomic mass is 10.0. The summed E-state index contributed by atoms with van der Waals surface area (Å²) in [6.07, 6.45) is 86.2. The summed E-state index contributed by atoms with van der Waals surface area (Å²) in [7, 11) is 0. The highest BCUT2D eigenvalue weighted by Gasteiger charge is 2.18. The molecule has 0 radical (unpaired) electrons. The number of hydrogen-bond donors (Lipinski definition) is 3. The molecule has 1 amide bonds. The number of esters is 1. The molecule has 452 valence electrons. The molecule has 0 bridgehead atoms. The summed E-state index contributed by atoms with van der Waals surface area (Å²) in [5.41, 5.74) is 0. The van der Waals surface area contributed by atoms with Crippen LogP contribution in [0.15, 0.2) is 48.6 Å². The molecular weight excluding hydrogens is 947 g/mol. The average molecular weight is 1080 g/mol. The average Bonchev–Trinajstić information content (AvgIpc) is 3.43. The van der Waals surface area contributed by atoms with Crippen LogP contribution >= 0.6 is 0 Å². The van der Waals surface area contributed by atoms with Gasteiger partial charge in [-0.15, -0.1) is 0 Å². The Kier molecular flexibility index (Phi) is 64.5. The van der Waals surface area contributed by atoms with Gasteiger partial charge in [-0.05, 0) is 89.9 Å². The van der Waals surface area contributed by atoms with E-state index in [1.54, 1.807) is 6.08 Å². The van der Waals surface area contributed by atoms with Crippen molar-refractivity contribution in [3.63, 3.8) is 0 Å². The molecular formula is C71H133NO5. The molecule has 0 spiro atoms. The second-order valence-electron chi connectivity index (χ2n) is 23.5. The summed E-state index contributed by atoms with van der Waals surface area (Å²) in [6.45, 7) is 4.90. The van der Waals surface area contributed by atoms with Crippen LogP contribution in [0.1, 0.15) is 367 Å². The SMILES string of the molecule is CCCCCCCCC/C=C\CCCCCCCC(=O)OCCCCCCCCCCC/C=C\C/C=C\CCCCCCCCCCCCCCCCCCCC(=O)NC(CO)C(O)/C=C/CCCCCCCCCCC. The standard InChI is InChI=1S/C71H133NO5/c1-3-5-7-9-11-13-15-16-17-38-41-45-49-53-57-61-65-71(76)77-66-62-58-54-50-46-42-39-36-34-32-30-28-26-24-22-20-18-19-21-23-25-27-29-31-33-35-37-40-44-48-52-56-60-64-70(75)72-68(67-73)69(74)63-59-55-51-47-43-14-12-10-8-6-4-2/h17,22,24,28,30,38,59,63,68-69,73-74H,3-16,18-21,23,25-27,29,31-37,39-58,60-62,64-67H2,1-2H3,(H,72,75)/b24-22-,30-28-,38-17-,63-59+. The number of ether oxygens (including phenoxy) is 1. The smallest absolute Gasteiger partial charge is 0.305 e. The third-order valence-corrected chi connectivity index (χ3v) is 15.8. The van der Waals surface area contributed by atoms with E-state index < -0.39 is 12.1 Å². The second-order valence-corrected chi connectivity index (χ2v) is 23.5. The number of nitrogens with one attached hydrogen (secondary N) is 1. The van der Waals surface area contributed by atoms with Crippen LogP contribution in [0.25, 0.3) is 0 Å². The molecule has 0 aromatic rings. The van der Waals surface area contributed by atoms with Crippen molar-refractivity contribution < 1.29 is 24.5 Å². The van der Waals surface area contributed by atoms with Crippen molar-refractivity contribution >= 4 is 11.9 Å². The zero-order valence-corrected chi connectivity index (χ0v) is 51.7. The van der Waals surface area contributed by atoms with Gasteiger partial charge in [0.15, 0.2) is 0 Å². The fourth-order valence-corrected chi connectivity index (χ4v) is 10.5. The number of hydrogen-bond acceptors (Lipinski definition) is 5. The Balaban J connectivity index is 3.38. The van der Waals surface area contributed by atoms with E-state index in [0.29, 0.717) is 19.4 Å². The van der Waals surface area contributed by atoms with Gasteiger partial charge in [0, 0.05) is 12.8 Å². The Morgan fingerprint density at radius 2 is 0.649 bits per heavy atom. The van der Waals surface area contributed by atoms with Crippen molar-refractivity contribution in [3.8, 4) is 0 Å². The molecule has 0 aromatic carbocycles. The van der Waals surface area contributed by atoms with Crippen molar-refractivity contribution in [1.29, 1.82) is 0 Å². The zero-order chi connectivity index (χ0) is 55.7. The number of allylic oxidation sites excluding steroid dienone is 7. The van der Waals surface area contributed by atoms with Crippen LogP contribution in [0.5, 0.6) is 0 Å². The first kappa shape index (κ1) is 74.8. The summed E-state index contributed by atoms with van der Waals surface area (Å²) < 4.78 is 5.49. The van der Waals surface area contributed by atoms with Crippen molar-refractivity contribution in [1.82, 2.24) is 5.32 Å². The van der Waals surface area contributed by atoms with Gasteiger partial charge in [0.2, 0.25) is 5.91 Å². The number of aliphatic hydroxyl groups excluding tert-OH is 2. The topological polar surface area (TPSA) is 95.9 Å². The van der Waals surface area contributed by atoms with Gasteiger partial charge in [-0.2, -0.15) is 0 Å². The van der Waals surface area contributed by atoms with Crippen molar-refractivity contribution in [2.24, 2.45) is 0 Å². The maximum atomic E-state index is 12.4. The highest BCUT2D eigenvalue weighted by molar-refractivity contribution is 5.76. The molecule has 0 aliphatic heterocycles. The fourth-order valence-electron chi connectivity index (χ4n) is 10.5. The monoisotopic (exact) mass is 1080 g/mol. The number of carbonyl (C=O) groups is 2. The molecule has 0 aromatic heterocycles. The largest absolute Gasteiger partial charge is 0.466 e. The first-order valence-electron chi connectivity index (χ1n) is 34.4. The van der Waals surface area contributed by atoms with Gasteiger partial charge in [-0.3, -0.25) is 9.59 Å². The number of unbranched alkanes of at least 4 members (excludes halogenated alkanes) is 47. The number of amides is 1. The molecule has 0 saturated heterocycles. The van der Waals surface area contributed by atoms with Gasteiger partial charge >= 0.3 is 5.97 Å². The van der Waals surface area contributed by atoms with Crippen LogP contribution in [-0.4, -0.2) is 47.4 Å².